The summed E-state index contributed by atoms with van der Waals surface area (Å²) in [6, 6.07) is 0. The molecule has 0 unspecified atom stereocenters. The Bertz CT molecular complexity index is 223. The molecule has 0 bridgehead atoms. The first-order valence-electron chi connectivity index (χ1n) is 3.15. The molecule has 0 aliphatic heterocycles. The summed E-state index contributed by atoms with van der Waals surface area (Å²) in [5.74, 6) is 0. The lowest BCUT2D eigenvalue weighted by Gasteiger charge is -2.04. The fourth-order valence-electron chi connectivity index (χ4n) is 0.373. The highest BCUT2D eigenvalue weighted by Gasteiger charge is 2.29. The van der Waals surface area contributed by atoms with Gasteiger partial charge in [0, 0.05) is 10.5 Å². The van der Waals surface area contributed by atoms with Gasteiger partial charge in [-0.15, -0.1) is 12.6 Å². The van der Waals surface area contributed by atoms with Crippen molar-refractivity contribution in [1.29, 1.82) is 0 Å². The first kappa shape index (κ1) is 11.4. The van der Waals surface area contributed by atoms with Crippen molar-refractivity contribution < 1.29 is 13.2 Å². The van der Waals surface area contributed by atoms with Gasteiger partial charge in [0.25, 0.3) is 0 Å². The van der Waals surface area contributed by atoms with Crippen LogP contribution in [-0.4, -0.2) is 6.18 Å². The Kier molecular flexibility index (Phi) is 4.17. The second kappa shape index (κ2) is 4.40. The third-order valence-corrected chi connectivity index (χ3v) is 1.49. The van der Waals surface area contributed by atoms with Crippen LogP contribution < -0.4 is 0 Å². The highest BCUT2D eigenvalue weighted by Crippen LogP contribution is 2.24. The molecule has 0 amide bonds. The van der Waals surface area contributed by atoms with Crippen molar-refractivity contribution in [2.75, 3.05) is 0 Å². The van der Waals surface area contributed by atoms with E-state index in [2.05, 4.69) is 19.2 Å². The summed E-state index contributed by atoms with van der Waals surface area (Å²) in [6.45, 7) is 4.35. The minimum atomic E-state index is -4.26. The molecule has 0 N–H and O–H groups in total. The maximum absolute atomic E-state index is 11.9. The molecule has 4 heteroatoms. The molecule has 12 heavy (non-hydrogen) atoms. The van der Waals surface area contributed by atoms with Crippen LogP contribution in [0.4, 0.5) is 13.2 Å². The van der Waals surface area contributed by atoms with Gasteiger partial charge in [-0.3, -0.25) is 0 Å². The number of rotatable bonds is 2. The summed E-state index contributed by atoms with van der Waals surface area (Å²) in [4.78, 5) is 0.401. The van der Waals surface area contributed by atoms with Gasteiger partial charge in [-0.1, -0.05) is 18.7 Å². The van der Waals surface area contributed by atoms with Crippen molar-refractivity contribution in [3.63, 3.8) is 0 Å². The van der Waals surface area contributed by atoms with E-state index in [-0.39, 0.29) is 0 Å². The van der Waals surface area contributed by atoms with Crippen LogP contribution in [0.5, 0.6) is 0 Å². The third-order valence-electron chi connectivity index (χ3n) is 1.16. The number of halogens is 3. The lowest BCUT2D eigenvalue weighted by Crippen LogP contribution is -2.08. The lowest BCUT2D eigenvalue weighted by atomic mass is 10.2. The predicted molar refractivity (Wildman–Crippen MR) is 47.1 cm³/mol. The molecule has 68 valence electrons. The van der Waals surface area contributed by atoms with Crippen molar-refractivity contribution in [2.24, 2.45) is 0 Å². The molecule has 0 radical (unpaired) electrons. The Morgan fingerprint density at radius 3 is 2.17 bits per heavy atom. The Balaban J connectivity index is 4.49. The number of hydrogen-bond donors (Lipinski definition) is 1. The van der Waals surface area contributed by atoms with Crippen molar-refractivity contribution in [2.45, 2.75) is 13.1 Å². The second-order valence-corrected chi connectivity index (χ2v) is 2.66. The van der Waals surface area contributed by atoms with Crippen LogP contribution in [-0.2, 0) is 0 Å². The van der Waals surface area contributed by atoms with E-state index >= 15 is 0 Å². The molecule has 0 aromatic rings. The van der Waals surface area contributed by atoms with E-state index in [9.17, 15) is 13.2 Å². The third kappa shape index (κ3) is 4.28. The maximum atomic E-state index is 11.9. The van der Waals surface area contributed by atoms with Gasteiger partial charge < -0.3 is 0 Å². The average molecular weight is 194 g/mol. The highest BCUT2D eigenvalue weighted by atomic mass is 32.1. The summed E-state index contributed by atoms with van der Waals surface area (Å²) in [5, 5.41) is 0. The number of allylic oxidation sites excluding steroid dienone is 4. The fraction of sp³-hybridized carbons (Fsp3) is 0.250. The van der Waals surface area contributed by atoms with Crippen molar-refractivity contribution in [1.82, 2.24) is 0 Å². The Hall–Kier alpha value is -0.640. The van der Waals surface area contributed by atoms with Crippen molar-refractivity contribution >= 4 is 12.6 Å². The normalized spacial score (nSPS) is 14.8. The zero-order valence-electron chi connectivity index (χ0n) is 6.52. The molecular weight excluding hydrogens is 185 g/mol. The van der Waals surface area contributed by atoms with E-state index < -0.39 is 11.7 Å². The quantitative estimate of drug-likeness (QED) is 0.505. The predicted octanol–water partition coefficient (Wildman–Crippen LogP) is 3.49. The van der Waals surface area contributed by atoms with E-state index in [0.29, 0.717) is 4.91 Å². The molecule has 0 aliphatic carbocycles. The first-order valence-corrected chi connectivity index (χ1v) is 3.60. The fourth-order valence-corrected chi connectivity index (χ4v) is 0.447. The van der Waals surface area contributed by atoms with E-state index in [1.807, 2.05) is 0 Å². The zero-order valence-corrected chi connectivity index (χ0v) is 7.41. The molecule has 0 spiro atoms. The minimum Gasteiger partial charge on any atom is -0.166 e. The number of alkyl halides is 3. The van der Waals surface area contributed by atoms with Crippen LogP contribution >= 0.6 is 12.6 Å². The van der Waals surface area contributed by atoms with Crippen LogP contribution in [0.1, 0.15) is 6.92 Å². The van der Waals surface area contributed by atoms with E-state index in [0.717, 1.165) is 13.0 Å². The molecule has 0 saturated heterocycles. The van der Waals surface area contributed by atoms with Gasteiger partial charge in [-0.25, -0.2) is 0 Å². The van der Waals surface area contributed by atoms with Crippen LogP contribution in [0.2, 0.25) is 0 Å². The summed E-state index contributed by atoms with van der Waals surface area (Å²) in [7, 11) is 0. The smallest absolute Gasteiger partial charge is 0.166 e. The summed E-state index contributed by atoms with van der Waals surface area (Å²) in [5.41, 5.74) is -0.657. The average Bonchev–Trinajstić information content (AvgIpc) is 1.97. The Morgan fingerprint density at radius 1 is 1.33 bits per heavy atom. The summed E-state index contributed by atoms with van der Waals surface area (Å²) >= 11 is 3.83. The second-order valence-electron chi connectivity index (χ2n) is 2.14. The molecule has 0 nitrogen and oxygen atoms in total. The Labute approximate surface area is 74.9 Å². The number of hydrogen-bond acceptors (Lipinski definition) is 1. The highest BCUT2D eigenvalue weighted by molar-refractivity contribution is 7.84. The molecule has 0 saturated carbocycles. The summed E-state index contributed by atoms with van der Waals surface area (Å²) in [6.07, 6.45) is -0.683. The molecule has 0 atom stereocenters. The molecule has 0 heterocycles. The summed E-state index contributed by atoms with van der Waals surface area (Å²) < 4.78 is 35.6. The lowest BCUT2D eigenvalue weighted by molar-refractivity contribution is -0.0912. The molecule has 0 rings (SSSR count). The van der Waals surface area contributed by atoms with Gasteiger partial charge in [0.15, 0.2) is 0 Å². The minimum absolute atomic E-state index is 0.401. The molecule has 0 aliphatic rings. The first-order chi connectivity index (χ1) is 5.38. The van der Waals surface area contributed by atoms with E-state index in [1.54, 1.807) is 0 Å². The SMILES string of the molecule is C=C/C(S)=C\C=C(/C)C(F)(F)F. The zero-order chi connectivity index (χ0) is 9.78. The molecular formula is C8H9F3S. The Morgan fingerprint density at radius 2 is 1.83 bits per heavy atom. The van der Waals surface area contributed by atoms with Gasteiger partial charge in [0.1, 0.15) is 0 Å². The van der Waals surface area contributed by atoms with Crippen molar-refractivity contribution in [3.8, 4) is 0 Å². The molecule has 0 aromatic carbocycles. The van der Waals surface area contributed by atoms with Crippen LogP contribution in [0.25, 0.3) is 0 Å². The van der Waals surface area contributed by atoms with E-state index in [4.69, 9.17) is 0 Å². The van der Waals surface area contributed by atoms with Gasteiger partial charge in [-0.05, 0) is 13.0 Å². The van der Waals surface area contributed by atoms with Gasteiger partial charge in [0.05, 0.1) is 0 Å². The van der Waals surface area contributed by atoms with E-state index in [1.165, 1.54) is 12.2 Å². The van der Waals surface area contributed by atoms with Crippen molar-refractivity contribution in [3.05, 3.63) is 35.3 Å². The van der Waals surface area contributed by atoms with Gasteiger partial charge in [0.2, 0.25) is 0 Å². The van der Waals surface area contributed by atoms with Crippen LogP contribution in [0.3, 0.4) is 0 Å². The number of thiol groups is 1. The van der Waals surface area contributed by atoms with Crippen LogP contribution in [0, 0.1) is 0 Å². The molecule has 0 aromatic heterocycles. The monoisotopic (exact) mass is 194 g/mol. The van der Waals surface area contributed by atoms with Gasteiger partial charge in [-0.2, -0.15) is 13.2 Å². The largest absolute Gasteiger partial charge is 0.412 e. The standard InChI is InChI=1S/C8H9F3S/c1-3-7(12)5-4-6(2)8(9,10)11/h3-5,12H,1H2,2H3/b6-4+,7-5+. The maximum Gasteiger partial charge on any atom is 0.412 e. The van der Waals surface area contributed by atoms with Crippen LogP contribution in [0.15, 0.2) is 35.3 Å². The van der Waals surface area contributed by atoms with Gasteiger partial charge >= 0.3 is 6.18 Å². The molecule has 0 fully saturated rings. The topological polar surface area (TPSA) is 0 Å².